The summed E-state index contributed by atoms with van der Waals surface area (Å²) in [6.45, 7) is 1.68. The van der Waals surface area contributed by atoms with Gasteiger partial charge in [0.05, 0.1) is 29.5 Å². The van der Waals surface area contributed by atoms with Crippen molar-refractivity contribution in [2.45, 2.75) is 11.8 Å². The molecule has 0 unspecified atom stereocenters. The predicted octanol–water partition coefficient (Wildman–Crippen LogP) is 3.11. The molecule has 156 valence electrons. The molecule has 0 amide bonds. The maximum Gasteiger partial charge on any atom is 0.262 e. The Morgan fingerprint density at radius 1 is 1.10 bits per heavy atom. The number of methoxy groups -OCH3 is 1. The Balaban J connectivity index is 1.83. The summed E-state index contributed by atoms with van der Waals surface area (Å²) in [6.07, 6.45) is 2.79. The van der Waals surface area contributed by atoms with Crippen molar-refractivity contribution in [2.24, 2.45) is 0 Å². The number of imidazole rings is 1. The van der Waals surface area contributed by atoms with Gasteiger partial charge in [-0.3, -0.25) is 4.72 Å². The fourth-order valence-electron chi connectivity index (χ4n) is 2.92. The van der Waals surface area contributed by atoms with Gasteiger partial charge in [-0.1, -0.05) is 24.1 Å². The summed E-state index contributed by atoms with van der Waals surface area (Å²) < 4.78 is 49.7. The Morgan fingerprint density at radius 2 is 1.87 bits per heavy atom. The summed E-state index contributed by atoms with van der Waals surface area (Å²) in [4.78, 5) is 8.23. The van der Waals surface area contributed by atoms with Crippen LogP contribution < -0.4 is 9.46 Å². The Morgan fingerprint density at radius 3 is 2.58 bits per heavy atom. The Labute approximate surface area is 177 Å². The first kappa shape index (κ1) is 20.3. The minimum atomic E-state index is -4.07. The number of nitrogens with one attached hydrogen (secondary N) is 1. The van der Waals surface area contributed by atoms with Gasteiger partial charge >= 0.3 is 0 Å². The van der Waals surface area contributed by atoms with Gasteiger partial charge in [0.15, 0.2) is 11.5 Å². The number of sulfonamides is 1. The predicted molar refractivity (Wildman–Crippen MR) is 113 cm³/mol. The second-order valence-electron chi connectivity index (χ2n) is 6.30. The molecule has 0 aliphatic rings. The van der Waals surface area contributed by atoms with Crippen LogP contribution in [0, 0.1) is 17.7 Å². The van der Waals surface area contributed by atoms with Gasteiger partial charge in [0.25, 0.3) is 10.0 Å². The van der Waals surface area contributed by atoms with E-state index in [1.807, 2.05) is 0 Å². The van der Waals surface area contributed by atoms with Crippen molar-refractivity contribution in [3.05, 3.63) is 66.4 Å². The molecule has 1 N–H and O–H groups in total. The second kappa shape index (κ2) is 8.04. The van der Waals surface area contributed by atoms with E-state index in [0.29, 0.717) is 11.3 Å². The normalized spacial score (nSPS) is 11.1. The smallest absolute Gasteiger partial charge is 0.262 e. The van der Waals surface area contributed by atoms with Crippen molar-refractivity contribution in [1.82, 2.24) is 19.6 Å². The maximum absolute atomic E-state index is 15.5. The van der Waals surface area contributed by atoms with Gasteiger partial charge in [-0.05, 0) is 37.1 Å². The van der Waals surface area contributed by atoms with Crippen molar-refractivity contribution < 1.29 is 17.5 Å². The molecule has 0 spiro atoms. The molecule has 0 saturated carbocycles. The summed E-state index contributed by atoms with van der Waals surface area (Å²) in [6, 6.07) is 10.8. The van der Waals surface area contributed by atoms with E-state index in [4.69, 9.17) is 4.74 Å². The molecule has 8 nitrogen and oxygen atoms in total. The Bertz CT molecular complexity index is 1440. The number of aromatic nitrogens is 4. The van der Waals surface area contributed by atoms with Crippen molar-refractivity contribution in [3.8, 4) is 29.0 Å². The summed E-state index contributed by atoms with van der Waals surface area (Å²) in [5.74, 6) is 4.56. The van der Waals surface area contributed by atoms with E-state index >= 15 is 4.39 Å². The molecule has 3 heterocycles. The molecule has 0 radical (unpaired) electrons. The van der Waals surface area contributed by atoms with E-state index in [1.54, 1.807) is 43.5 Å². The SMILES string of the molecule is CC#Cc1cnc2ccc(-c3cnc(OC)c(NS(=O)(=O)c4ccccc4)c3F)nn12. The third-order valence-electron chi connectivity index (χ3n) is 4.36. The van der Waals surface area contributed by atoms with Crippen LogP contribution in [-0.2, 0) is 10.0 Å². The fourth-order valence-corrected chi connectivity index (χ4v) is 4.00. The van der Waals surface area contributed by atoms with E-state index in [9.17, 15) is 8.42 Å². The van der Waals surface area contributed by atoms with E-state index in [1.165, 1.54) is 30.0 Å². The van der Waals surface area contributed by atoms with Gasteiger partial charge in [-0.25, -0.2) is 27.3 Å². The number of anilines is 1. The van der Waals surface area contributed by atoms with Gasteiger partial charge in [0.2, 0.25) is 5.88 Å². The average Bonchev–Trinajstić information content (AvgIpc) is 3.18. The van der Waals surface area contributed by atoms with Crippen LogP contribution in [0.1, 0.15) is 12.6 Å². The van der Waals surface area contributed by atoms with Crippen molar-refractivity contribution in [2.75, 3.05) is 11.8 Å². The lowest BCUT2D eigenvalue weighted by atomic mass is 10.1. The quantitative estimate of drug-likeness (QED) is 0.482. The highest BCUT2D eigenvalue weighted by Crippen LogP contribution is 2.33. The minimum Gasteiger partial charge on any atom is -0.479 e. The first-order valence-electron chi connectivity index (χ1n) is 9.03. The molecule has 10 heteroatoms. The molecule has 1 aromatic carbocycles. The van der Waals surface area contributed by atoms with Crippen LogP contribution in [0.5, 0.6) is 5.88 Å². The number of rotatable bonds is 5. The van der Waals surface area contributed by atoms with E-state index in [2.05, 4.69) is 31.6 Å². The van der Waals surface area contributed by atoms with Crippen LogP contribution in [0.15, 0.2) is 59.8 Å². The van der Waals surface area contributed by atoms with Crippen LogP contribution in [-0.4, -0.2) is 35.1 Å². The monoisotopic (exact) mass is 437 g/mol. The van der Waals surface area contributed by atoms with Crippen LogP contribution >= 0.6 is 0 Å². The van der Waals surface area contributed by atoms with Crippen molar-refractivity contribution in [3.63, 3.8) is 0 Å². The third-order valence-corrected chi connectivity index (χ3v) is 5.72. The number of benzene rings is 1. The van der Waals surface area contributed by atoms with E-state index in [0.717, 1.165) is 0 Å². The lowest BCUT2D eigenvalue weighted by Gasteiger charge is -2.14. The zero-order valence-corrected chi connectivity index (χ0v) is 17.3. The van der Waals surface area contributed by atoms with Gasteiger partial charge in [-0.2, -0.15) is 5.10 Å². The Hall–Kier alpha value is -3.97. The van der Waals surface area contributed by atoms with Crippen molar-refractivity contribution >= 4 is 21.4 Å². The molecule has 0 fully saturated rings. The first-order valence-corrected chi connectivity index (χ1v) is 10.5. The number of hydrogen-bond donors (Lipinski definition) is 1. The molecule has 0 atom stereocenters. The highest BCUT2D eigenvalue weighted by atomic mass is 32.2. The molecular weight excluding hydrogens is 421 g/mol. The van der Waals surface area contributed by atoms with Gasteiger partial charge < -0.3 is 4.74 Å². The summed E-state index contributed by atoms with van der Waals surface area (Å²) in [7, 11) is -2.80. The molecule has 0 saturated heterocycles. The fraction of sp³-hybridized carbons (Fsp3) is 0.0952. The number of pyridine rings is 1. The Kier molecular flexibility index (Phi) is 5.27. The topological polar surface area (TPSA) is 98.5 Å². The minimum absolute atomic E-state index is 0.0161. The lowest BCUT2D eigenvalue weighted by Crippen LogP contribution is -2.15. The van der Waals surface area contributed by atoms with E-state index < -0.39 is 21.5 Å². The van der Waals surface area contributed by atoms with Gasteiger partial charge in [-0.15, -0.1) is 0 Å². The second-order valence-corrected chi connectivity index (χ2v) is 7.98. The molecule has 31 heavy (non-hydrogen) atoms. The van der Waals surface area contributed by atoms with Crippen LogP contribution in [0.3, 0.4) is 0 Å². The molecule has 4 rings (SSSR count). The highest BCUT2D eigenvalue weighted by Gasteiger charge is 2.24. The number of nitrogens with zero attached hydrogens (tertiary/aromatic N) is 4. The summed E-state index contributed by atoms with van der Waals surface area (Å²) >= 11 is 0. The lowest BCUT2D eigenvalue weighted by molar-refractivity contribution is 0.397. The molecule has 3 aromatic heterocycles. The number of ether oxygens (including phenoxy) is 1. The summed E-state index contributed by atoms with van der Waals surface area (Å²) in [5, 5.41) is 4.39. The molecular formula is C21H16FN5O3S. The van der Waals surface area contributed by atoms with Crippen LogP contribution in [0.2, 0.25) is 0 Å². The van der Waals surface area contributed by atoms with Crippen LogP contribution in [0.4, 0.5) is 10.1 Å². The maximum atomic E-state index is 15.5. The number of halogens is 1. The van der Waals surface area contributed by atoms with Crippen LogP contribution in [0.25, 0.3) is 16.9 Å². The molecule has 0 bridgehead atoms. The summed E-state index contributed by atoms with van der Waals surface area (Å²) in [5.41, 5.74) is 0.861. The molecule has 4 aromatic rings. The number of hydrogen-bond acceptors (Lipinski definition) is 6. The van der Waals surface area contributed by atoms with Gasteiger partial charge in [0.1, 0.15) is 11.4 Å². The number of fused-ring (bicyclic) bond motifs is 1. The highest BCUT2D eigenvalue weighted by molar-refractivity contribution is 7.92. The third kappa shape index (κ3) is 3.78. The molecule has 0 aliphatic heterocycles. The zero-order valence-electron chi connectivity index (χ0n) is 16.5. The van der Waals surface area contributed by atoms with E-state index in [-0.39, 0.29) is 22.0 Å². The average molecular weight is 437 g/mol. The zero-order chi connectivity index (χ0) is 22.0. The first-order chi connectivity index (χ1) is 14.9. The van der Waals surface area contributed by atoms with Gasteiger partial charge in [0, 0.05) is 6.20 Å². The standard InChI is InChI=1S/C21H16FN5O3S/c1-3-7-14-12-23-18-11-10-17(25-27(14)18)16-13-24-21(30-2)20(19(16)22)26-31(28,29)15-8-5-4-6-9-15/h4-6,8-13,26H,1-2H3. The van der Waals surface area contributed by atoms with Crippen molar-refractivity contribution in [1.29, 1.82) is 0 Å². The molecule has 0 aliphatic carbocycles. The largest absolute Gasteiger partial charge is 0.479 e.